The molecule has 0 unspecified atom stereocenters. The number of carbonyl (C=O) groups is 1. The summed E-state index contributed by atoms with van der Waals surface area (Å²) in [5, 5.41) is 8.40. The lowest BCUT2D eigenvalue weighted by molar-refractivity contribution is 0.0715. The van der Waals surface area contributed by atoms with E-state index in [1.54, 1.807) is 23.1 Å². The molecule has 1 atom stereocenters. The molecule has 3 heterocycles. The number of hydrogen-bond donors (Lipinski definition) is 0. The first-order chi connectivity index (χ1) is 9.24. The molecule has 2 aromatic rings. The van der Waals surface area contributed by atoms with Crippen LogP contribution in [0.1, 0.15) is 23.3 Å². The summed E-state index contributed by atoms with van der Waals surface area (Å²) in [5.41, 5.74) is 0.523. The van der Waals surface area contributed by atoms with Crippen molar-refractivity contribution >= 4 is 5.91 Å². The van der Waals surface area contributed by atoms with Crippen LogP contribution in [0.5, 0.6) is 0 Å². The maximum atomic E-state index is 12.4. The summed E-state index contributed by atoms with van der Waals surface area (Å²) in [6.45, 7) is 1.56. The third-order valence-corrected chi connectivity index (χ3v) is 3.53. The molecule has 0 aromatic carbocycles. The number of nitrogens with zero attached hydrogens (tertiary/aromatic N) is 5. The Kier molecular flexibility index (Phi) is 3.06. The van der Waals surface area contributed by atoms with Crippen molar-refractivity contribution in [3.63, 3.8) is 0 Å². The summed E-state index contributed by atoms with van der Waals surface area (Å²) in [4.78, 5) is 14.3. The smallest absolute Gasteiger partial charge is 0.274 e. The van der Waals surface area contributed by atoms with Crippen LogP contribution in [0.4, 0.5) is 0 Å². The number of aryl methyl sites for hydroxylation is 1. The molecule has 0 N–H and O–H groups in total. The van der Waals surface area contributed by atoms with Crippen molar-refractivity contribution in [2.45, 2.75) is 25.4 Å². The lowest BCUT2D eigenvalue weighted by Gasteiger charge is -2.23. The van der Waals surface area contributed by atoms with Gasteiger partial charge in [0.1, 0.15) is 5.69 Å². The Labute approximate surface area is 111 Å². The molecular weight excluding hydrogens is 242 g/mol. The van der Waals surface area contributed by atoms with Crippen molar-refractivity contribution < 1.29 is 4.79 Å². The van der Waals surface area contributed by atoms with E-state index in [0.717, 1.165) is 25.9 Å². The highest BCUT2D eigenvalue weighted by Gasteiger charge is 2.30. The lowest BCUT2D eigenvalue weighted by atomic mass is 10.2. The molecule has 1 fully saturated rings. The molecule has 19 heavy (non-hydrogen) atoms. The number of hydrogen-bond acceptors (Lipinski definition) is 3. The summed E-state index contributed by atoms with van der Waals surface area (Å²) >= 11 is 0. The average Bonchev–Trinajstić information content (AvgIpc) is 3.10. The zero-order chi connectivity index (χ0) is 13.2. The second-order valence-electron chi connectivity index (χ2n) is 4.90. The lowest BCUT2D eigenvalue weighted by Crippen LogP contribution is -2.38. The number of rotatable bonds is 3. The van der Waals surface area contributed by atoms with Crippen LogP contribution in [0, 0.1) is 0 Å². The number of carbonyl (C=O) groups excluding carboxylic acids is 1. The molecule has 2 aromatic heterocycles. The summed E-state index contributed by atoms with van der Waals surface area (Å²) in [6.07, 6.45) is 7.57. The van der Waals surface area contributed by atoms with E-state index in [-0.39, 0.29) is 11.9 Å². The molecule has 6 heteroatoms. The standard InChI is InChI=1S/C13H17N5O/c1-16-9-5-12(15-16)13(19)18-8-2-4-11(18)10-17-7-3-6-14-17/h3,5-7,9,11H,2,4,8,10H2,1H3/t11-/m1/s1. The van der Waals surface area contributed by atoms with E-state index < -0.39 is 0 Å². The van der Waals surface area contributed by atoms with E-state index in [2.05, 4.69) is 10.2 Å². The van der Waals surface area contributed by atoms with Crippen molar-refractivity contribution in [3.8, 4) is 0 Å². The third kappa shape index (κ3) is 2.38. The Bertz CT molecular complexity index is 559. The molecule has 0 saturated carbocycles. The van der Waals surface area contributed by atoms with Crippen LogP contribution in [0.25, 0.3) is 0 Å². The molecule has 0 bridgehead atoms. The Morgan fingerprint density at radius 1 is 1.47 bits per heavy atom. The van der Waals surface area contributed by atoms with Crippen molar-refractivity contribution in [3.05, 3.63) is 36.4 Å². The predicted molar refractivity (Wildman–Crippen MR) is 69.5 cm³/mol. The largest absolute Gasteiger partial charge is 0.332 e. The zero-order valence-corrected chi connectivity index (χ0v) is 10.9. The second-order valence-corrected chi connectivity index (χ2v) is 4.90. The average molecular weight is 259 g/mol. The molecular formula is C13H17N5O. The van der Waals surface area contributed by atoms with Gasteiger partial charge >= 0.3 is 0 Å². The molecule has 0 spiro atoms. The minimum absolute atomic E-state index is 0.0234. The van der Waals surface area contributed by atoms with Gasteiger partial charge in [0.15, 0.2) is 0 Å². The van der Waals surface area contributed by atoms with Gasteiger partial charge in [0.25, 0.3) is 5.91 Å². The van der Waals surface area contributed by atoms with Gasteiger partial charge in [0.2, 0.25) is 0 Å². The molecule has 6 nitrogen and oxygen atoms in total. The van der Waals surface area contributed by atoms with Crippen LogP contribution in [-0.4, -0.2) is 43.0 Å². The van der Waals surface area contributed by atoms with Crippen LogP contribution in [0.3, 0.4) is 0 Å². The summed E-state index contributed by atoms with van der Waals surface area (Å²) < 4.78 is 3.54. The second kappa shape index (κ2) is 4.87. The molecule has 1 amide bonds. The molecule has 0 radical (unpaired) electrons. The van der Waals surface area contributed by atoms with Gasteiger partial charge < -0.3 is 4.90 Å². The van der Waals surface area contributed by atoms with Gasteiger partial charge in [-0.2, -0.15) is 10.2 Å². The molecule has 0 aliphatic carbocycles. The summed E-state index contributed by atoms with van der Waals surface area (Å²) in [6, 6.07) is 3.89. The van der Waals surface area contributed by atoms with Gasteiger partial charge in [-0.25, -0.2) is 0 Å². The Morgan fingerprint density at radius 3 is 3.05 bits per heavy atom. The predicted octanol–water partition coefficient (Wildman–Crippen LogP) is 0.921. The van der Waals surface area contributed by atoms with Gasteiger partial charge in [-0.05, 0) is 25.0 Å². The van der Waals surface area contributed by atoms with Crippen LogP contribution < -0.4 is 0 Å². The third-order valence-electron chi connectivity index (χ3n) is 3.53. The Morgan fingerprint density at radius 2 is 2.37 bits per heavy atom. The maximum absolute atomic E-state index is 12.4. The van der Waals surface area contributed by atoms with E-state index in [1.807, 2.05) is 28.9 Å². The van der Waals surface area contributed by atoms with E-state index in [4.69, 9.17) is 0 Å². The molecule has 1 aliphatic rings. The van der Waals surface area contributed by atoms with E-state index in [0.29, 0.717) is 5.69 Å². The van der Waals surface area contributed by atoms with Crippen LogP contribution in [0.2, 0.25) is 0 Å². The van der Waals surface area contributed by atoms with Crippen molar-refractivity contribution in [2.75, 3.05) is 6.54 Å². The normalized spacial score (nSPS) is 19.0. The van der Waals surface area contributed by atoms with Gasteiger partial charge in [-0.1, -0.05) is 0 Å². The van der Waals surface area contributed by atoms with E-state index >= 15 is 0 Å². The van der Waals surface area contributed by atoms with Gasteiger partial charge in [-0.15, -0.1) is 0 Å². The van der Waals surface area contributed by atoms with Crippen LogP contribution in [-0.2, 0) is 13.6 Å². The van der Waals surface area contributed by atoms with Crippen molar-refractivity contribution in [2.24, 2.45) is 7.05 Å². The Balaban J connectivity index is 1.74. The first-order valence-corrected chi connectivity index (χ1v) is 6.52. The zero-order valence-electron chi connectivity index (χ0n) is 10.9. The minimum Gasteiger partial charge on any atom is -0.332 e. The summed E-state index contributed by atoms with van der Waals surface area (Å²) in [7, 11) is 1.82. The van der Waals surface area contributed by atoms with E-state index in [1.165, 1.54) is 0 Å². The van der Waals surface area contributed by atoms with E-state index in [9.17, 15) is 4.79 Å². The first kappa shape index (κ1) is 12.0. The number of likely N-dealkylation sites (tertiary alicyclic amines) is 1. The van der Waals surface area contributed by atoms with Gasteiger partial charge in [0.05, 0.1) is 12.6 Å². The number of aromatic nitrogens is 4. The fraction of sp³-hybridized carbons (Fsp3) is 0.462. The fourth-order valence-corrected chi connectivity index (χ4v) is 2.59. The van der Waals surface area contributed by atoms with Gasteiger partial charge in [0, 0.05) is 32.2 Å². The highest BCUT2D eigenvalue weighted by atomic mass is 16.2. The monoisotopic (exact) mass is 259 g/mol. The molecule has 1 aliphatic heterocycles. The minimum atomic E-state index is 0.0234. The highest BCUT2D eigenvalue weighted by molar-refractivity contribution is 5.92. The molecule has 100 valence electrons. The van der Waals surface area contributed by atoms with Crippen LogP contribution >= 0.6 is 0 Å². The SMILES string of the molecule is Cn1ccc(C(=O)N2CCC[C@@H]2Cn2cccn2)n1. The highest BCUT2D eigenvalue weighted by Crippen LogP contribution is 2.20. The topological polar surface area (TPSA) is 56.0 Å². The molecule has 1 saturated heterocycles. The summed E-state index contributed by atoms with van der Waals surface area (Å²) in [5.74, 6) is 0.0234. The van der Waals surface area contributed by atoms with Gasteiger partial charge in [-0.3, -0.25) is 14.2 Å². The first-order valence-electron chi connectivity index (χ1n) is 6.52. The van der Waals surface area contributed by atoms with Crippen LogP contribution in [0.15, 0.2) is 30.7 Å². The molecule has 3 rings (SSSR count). The quantitative estimate of drug-likeness (QED) is 0.823. The van der Waals surface area contributed by atoms with Crippen molar-refractivity contribution in [1.29, 1.82) is 0 Å². The Hall–Kier alpha value is -2.11. The fourth-order valence-electron chi connectivity index (χ4n) is 2.59. The number of amides is 1. The maximum Gasteiger partial charge on any atom is 0.274 e. The van der Waals surface area contributed by atoms with Crippen molar-refractivity contribution in [1.82, 2.24) is 24.5 Å².